The maximum Gasteiger partial charge on any atom is 1.00 e. The summed E-state index contributed by atoms with van der Waals surface area (Å²) in [6, 6.07) is 11.8. The molecule has 3 aliphatic rings. The zero-order chi connectivity index (χ0) is 48.6. The van der Waals surface area contributed by atoms with E-state index in [-0.39, 0.29) is 123 Å². The second-order valence-corrected chi connectivity index (χ2v) is 21.3. The first-order chi connectivity index (χ1) is 31.1. The Morgan fingerprint density at radius 3 is 1.85 bits per heavy atom. The van der Waals surface area contributed by atoms with Crippen LogP contribution in [-0.2, 0) is 64.9 Å². The third kappa shape index (κ3) is 20.1. The quantitative estimate of drug-likeness (QED) is 0.0324. The Kier molecular flexibility index (Phi) is 26.9. The first-order valence-corrected chi connectivity index (χ1v) is 26.4. The molecule has 0 fully saturated rings. The number of fused-ring (bicyclic) bond motifs is 2. The number of hydrogen-bond acceptors (Lipinski definition) is 17. The van der Waals surface area contributed by atoms with Gasteiger partial charge >= 0.3 is 59.1 Å². The predicted molar refractivity (Wildman–Crippen MR) is 245 cm³/mol. The van der Waals surface area contributed by atoms with Crippen molar-refractivity contribution in [2.45, 2.75) is 69.6 Å². The Hall–Kier alpha value is -1.58. The fourth-order valence-corrected chi connectivity index (χ4v) is 9.20. The topological polar surface area (TPSA) is 257 Å². The summed E-state index contributed by atoms with van der Waals surface area (Å²) in [5.74, 6) is -0.0560. The van der Waals surface area contributed by atoms with Crippen molar-refractivity contribution in [2.75, 3.05) is 109 Å². The van der Waals surface area contributed by atoms with Crippen molar-refractivity contribution in [1.82, 2.24) is 4.58 Å². The van der Waals surface area contributed by atoms with E-state index < -0.39 is 52.2 Å². The summed E-state index contributed by atoms with van der Waals surface area (Å²) < 4.78 is 142. The van der Waals surface area contributed by atoms with Crippen LogP contribution >= 0.6 is 0 Å². The molecule has 1 aromatic carbocycles. The molecule has 370 valence electrons. The Labute approximate surface area is 446 Å². The molecular weight excluding hydrogens is 967 g/mol. The molecule has 18 nitrogen and oxygen atoms in total. The van der Waals surface area contributed by atoms with E-state index in [1.165, 1.54) is 18.2 Å². The molecular formula is C45H64N2Na2O16S3. The number of benzene rings is 2. The van der Waals surface area contributed by atoms with Gasteiger partial charge in [-0.3, -0.25) is 0 Å². The van der Waals surface area contributed by atoms with E-state index in [9.17, 15) is 38.9 Å². The normalized spacial score (nSPS) is 16.6. The number of hydrogen-bond donors (Lipinski definition) is 1. The SMILES string of the molecule is CC[N+](CCCS(=O)(=O)[O-])=c1ccc2c(C(C)(C)C)cc(/C=C/C=C3/N(CCOCCOCCOCCOCCOCCO)c4ccc(S(=O)(=O)[O-])cc4C3(C)CCCS(=O)(=O)[O-])oc-2c1.[Na+].[Na+]. The molecule has 0 aromatic heterocycles. The van der Waals surface area contributed by atoms with Gasteiger partial charge in [-0.1, -0.05) is 26.8 Å². The van der Waals surface area contributed by atoms with Crippen molar-refractivity contribution in [3.05, 3.63) is 82.6 Å². The molecule has 0 saturated carbocycles. The summed E-state index contributed by atoms with van der Waals surface area (Å²) in [5.41, 5.74) is 2.17. The third-order valence-corrected chi connectivity index (χ3v) is 13.3. The van der Waals surface area contributed by atoms with Crippen LogP contribution in [0.3, 0.4) is 0 Å². The molecule has 0 saturated heterocycles. The van der Waals surface area contributed by atoms with Crippen molar-refractivity contribution in [1.29, 1.82) is 0 Å². The number of rotatable bonds is 29. The van der Waals surface area contributed by atoms with Crippen LogP contribution in [0.1, 0.15) is 70.8 Å². The molecule has 1 N–H and O–H groups in total. The average Bonchev–Trinajstić information content (AvgIpc) is 3.45. The second-order valence-electron chi connectivity index (χ2n) is 16.9. The predicted octanol–water partition coefficient (Wildman–Crippen LogP) is -2.60. The molecule has 0 spiro atoms. The van der Waals surface area contributed by atoms with E-state index in [0.29, 0.717) is 81.2 Å². The summed E-state index contributed by atoms with van der Waals surface area (Å²) in [6.45, 7) is 14.4. The summed E-state index contributed by atoms with van der Waals surface area (Å²) >= 11 is 0. The second kappa shape index (κ2) is 29.2. The number of anilines is 1. The zero-order valence-electron chi connectivity index (χ0n) is 40.4. The van der Waals surface area contributed by atoms with Crippen LogP contribution in [0.15, 0.2) is 69.6 Å². The van der Waals surface area contributed by atoms with Crippen LogP contribution in [0, 0.1) is 0 Å². The monoisotopic (exact) mass is 1030 g/mol. The van der Waals surface area contributed by atoms with E-state index in [2.05, 4.69) is 20.8 Å². The van der Waals surface area contributed by atoms with E-state index in [0.717, 1.165) is 16.5 Å². The summed E-state index contributed by atoms with van der Waals surface area (Å²) in [7, 11) is -13.8. The first-order valence-electron chi connectivity index (χ1n) is 21.9. The molecule has 1 atom stereocenters. The fourth-order valence-electron chi connectivity index (χ4n) is 7.73. The molecule has 2 heterocycles. The molecule has 4 rings (SSSR count). The maximum absolute atomic E-state index is 12.3. The van der Waals surface area contributed by atoms with Crippen molar-refractivity contribution in [3.8, 4) is 11.3 Å². The van der Waals surface area contributed by atoms with Gasteiger partial charge in [0.15, 0.2) is 0 Å². The number of aliphatic hydroxyl groups excluding tert-OH is 1. The van der Waals surface area contributed by atoms with Gasteiger partial charge in [0.1, 0.15) is 34.7 Å². The van der Waals surface area contributed by atoms with Gasteiger partial charge in [0.25, 0.3) is 0 Å². The van der Waals surface area contributed by atoms with Gasteiger partial charge < -0.3 is 51.8 Å². The largest absolute Gasteiger partial charge is 1.00 e. The van der Waals surface area contributed by atoms with Crippen molar-refractivity contribution >= 4 is 42.1 Å². The molecule has 0 radical (unpaired) electrons. The molecule has 2 aliphatic heterocycles. The minimum Gasteiger partial charge on any atom is -0.748 e. The van der Waals surface area contributed by atoms with Crippen LogP contribution in [0.4, 0.5) is 5.69 Å². The average molecular weight is 1030 g/mol. The minimum absolute atomic E-state index is 0. The van der Waals surface area contributed by atoms with Crippen LogP contribution in [-0.4, -0.2) is 148 Å². The third-order valence-electron chi connectivity index (χ3n) is 10.9. The van der Waals surface area contributed by atoms with Crippen LogP contribution in [0.25, 0.3) is 17.4 Å². The van der Waals surface area contributed by atoms with Gasteiger partial charge in [-0.2, -0.15) is 0 Å². The van der Waals surface area contributed by atoms with Crippen LogP contribution in [0.2, 0.25) is 0 Å². The number of aliphatic hydroxyl groups is 1. The smallest absolute Gasteiger partial charge is 0.748 e. The van der Waals surface area contributed by atoms with Gasteiger partial charge in [-0.25, -0.2) is 29.8 Å². The first kappa shape index (κ1) is 62.5. The van der Waals surface area contributed by atoms with Crippen LogP contribution in [0.5, 0.6) is 0 Å². The molecule has 1 unspecified atom stereocenters. The van der Waals surface area contributed by atoms with Gasteiger partial charge in [-0.15, -0.1) is 0 Å². The minimum atomic E-state index is -4.87. The Balaban J connectivity index is 0.00000793. The van der Waals surface area contributed by atoms with Gasteiger partial charge in [0, 0.05) is 52.9 Å². The molecule has 1 aromatic rings. The van der Waals surface area contributed by atoms with Crippen molar-refractivity contribution in [3.63, 3.8) is 0 Å². The summed E-state index contributed by atoms with van der Waals surface area (Å²) in [4.78, 5) is 1.47. The van der Waals surface area contributed by atoms with Gasteiger partial charge in [0.2, 0.25) is 5.36 Å². The molecule has 23 heteroatoms. The van der Waals surface area contributed by atoms with E-state index in [1.807, 2.05) is 53.7 Å². The Bertz CT molecular complexity index is 2490. The number of nitrogens with zero attached hydrogens (tertiary/aromatic N) is 2. The summed E-state index contributed by atoms with van der Waals surface area (Å²) in [5, 5.41) is 9.50. The summed E-state index contributed by atoms with van der Waals surface area (Å²) in [6.07, 6.45) is 5.58. The molecule has 68 heavy (non-hydrogen) atoms. The maximum atomic E-state index is 12.3. The Morgan fingerprint density at radius 1 is 0.765 bits per heavy atom. The van der Waals surface area contributed by atoms with Gasteiger partial charge in [0.05, 0.1) is 104 Å². The van der Waals surface area contributed by atoms with E-state index >= 15 is 0 Å². The van der Waals surface area contributed by atoms with Crippen molar-refractivity contribution < 1.29 is 131 Å². The Morgan fingerprint density at radius 2 is 1.32 bits per heavy atom. The zero-order valence-corrected chi connectivity index (χ0v) is 46.8. The number of ether oxygens (including phenoxy) is 5. The van der Waals surface area contributed by atoms with E-state index in [1.54, 1.807) is 12.2 Å². The fraction of sp³-hybridized carbons (Fsp3) is 0.578. The molecule has 0 bridgehead atoms. The van der Waals surface area contributed by atoms with Crippen LogP contribution < -0.4 is 73.9 Å². The number of allylic oxidation sites excluding steroid dienone is 3. The molecule has 1 aliphatic carbocycles. The van der Waals surface area contributed by atoms with Crippen molar-refractivity contribution in [2.24, 2.45) is 0 Å². The standard InChI is InChI=1S/C45H66N2O16S3.2Na/c1-6-46(17-9-31-65(52,53)54)35-12-14-38-39(44(2,3)4)33-36(63-42(38)32-35)10-7-11-43-45(5,16-8-30-64(49,50)51)40-34-37(66(55,56)57)13-15-41(40)47(43)18-20-58-22-24-60-26-28-62-29-27-61-25-23-59-21-19-48;;/h7,10-15,32-34,48H,6,8-9,16-31H2,1-5H3,(H2-,49,50,51,52,53,54,55,56,57);;/q;2*+1/p-2. The van der Waals surface area contributed by atoms with Gasteiger partial charge in [-0.05, 0) is 85.7 Å². The molecule has 0 amide bonds. The van der Waals surface area contributed by atoms with E-state index in [4.69, 9.17) is 33.2 Å².